The zero-order valence-electron chi connectivity index (χ0n) is 18.9. The summed E-state index contributed by atoms with van der Waals surface area (Å²) in [6, 6.07) is 10.6. The van der Waals surface area contributed by atoms with Crippen molar-refractivity contribution in [2.45, 2.75) is 18.6 Å². The van der Waals surface area contributed by atoms with Gasteiger partial charge in [0.25, 0.3) is 11.8 Å². The first-order valence-corrected chi connectivity index (χ1v) is 10.5. The van der Waals surface area contributed by atoms with E-state index in [9.17, 15) is 28.0 Å². The van der Waals surface area contributed by atoms with E-state index in [0.29, 0.717) is 24.2 Å². The maximum atomic E-state index is 13.3. The first kappa shape index (κ1) is 24.8. The fourth-order valence-corrected chi connectivity index (χ4v) is 3.89. The SMILES string of the molecule is CNC(=O)c1cc(C#N)ccc1C(NC)C1=C(Nc2cccc(C(F)(F)F)c2)CCN(C)C1=O. The maximum Gasteiger partial charge on any atom is 0.416 e. The summed E-state index contributed by atoms with van der Waals surface area (Å²) in [7, 11) is 4.71. The van der Waals surface area contributed by atoms with E-state index in [1.54, 1.807) is 26.2 Å². The smallest absolute Gasteiger partial charge is 0.358 e. The highest BCUT2D eigenvalue weighted by molar-refractivity contribution is 6.00. The minimum atomic E-state index is -4.50. The van der Waals surface area contributed by atoms with Gasteiger partial charge in [-0.25, -0.2) is 0 Å². The van der Waals surface area contributed by atoms with Gasteiger partial charge in [0.05, 0.1) is 28.8 Å². The third kappa shape index (κ3) is 5.05. The molecule has 1 heterocycles. The molecule has 1 unspecified atom stereocenters. The molecule has 0 bridgehead atoms. The van der Waals surface area contributed by atoms with Gasteiger partial charge in [-0.05, 0) is 42.9 Å². The summed E-state index contributed by atoms with van der Waals surface area (Å²) < 4.78 is 39.6. The summed E-state index contributed by atoms with van der Waals surface area (Å²) in [6.45, 7) is 0.371. The number of anilines is 1. The highest BCUT2D eigenvalue weighted by Crippen LogP contribution is 2.35. The molecular weight excluding hydrogens is 447 g/mol. The molecule has 0 radical (unpaired) electrons. The average molecular weight is 471 g/mol. The van der Waals surface area contributed by atoms with Gasteiger partial charge in [0, 0.05) is 44.0 Å². The predicted molar refractivity (Wildman–Crippen MR) is 121 cm³/mol. The molecule has 2 amide bonds. The van der Waals surface area contributed by atoms with Crippen LogP contribution in [0.2, 0.25) is 0 Å². The number of rotatable bonds is 6. The summed E-state index contributed by atoms with van der Waals surface area (Å²) in [4.78, 5) is 27.3. The van der Waals surface area contributed by atoms with E-state index in [-0.39, 0.29) is 28.3 Å². The van der Waals surface area contributed by atoms with Crippen LogP contribution in [0.25, 0.3) is 0 Å². The van der Waals surface area contributed by atoms with Gasteiger partial charge in [-0.15, -0.1) is 0 Å². The summed E-state index contributed by atoms with van der Waals surface area (Å²) in [5.41, 5.74) is 1.08. The second kappa shape index (κ2) is 9.97. The molecule has 1 aliphatic rings. The lowest BCUT2D eigenvalue weighted by Gasteiger charge is -2.33. The Labute approximate surface area is 195 Å². The van der Waals surface area contributed by atoms with Crippen molar-refractivity contribution < 1.29 is 22.8 Å². The lowest BCUT2D eigenvalue weighted by Crippen LogP contribution is -2.40. The number of carbonyl (C=O) groups is 2. The zero-order chi connectivity index (χ0) is 25.0. The molecule has 0 aliphatic carbocycles. The molecule has 178 valence electrons. The minimum Gasteiger partial charge on any atom is -0.358 e. The van der Waals surface area contributed by atoms with Crippen LogP contribution in [0.1, 0.15) is 39.5 Å². The minimum absolute atomic E-state index is 0.195. The summed E-state index contributed by atoms with van der Waals surface area (Å²) in [5, 5.41) is 17.9. The standard InChI is InChI=1S/C24H24F3N5O2/c1-29-21(17-8-7-14(13-28)11-18(17)22(33)30-2)20-19(9-10-32(3)23(20)34)31-16-6-4-5-15(12-16)24(25,26)27/h4-8,11-12,21,29,31H,9-10H2,1-3H3,(H,30,33). The van der Waals surface area contributed by atoms with Crippen molar-refractivity contribution in [3.05, 3.63) is 76.0 Å². The molecular formula is C24H24F3N5O2. The van der Waals surface area contributed by atoms with Crippen molar-refractivity contribution >= 4 is 17.5 Å². The number of nitriles is 1. The quantitative estimate of drug-likeness (QED) is 0.600. The molecule has 0 fully saturated rings. The second-order valence-corrected chi connectivity index (χ2v) is 7.79. The molecule has 2 aromatic carbocycles. The van der Waals surface area contributed by atoms with Gasteiger partial charge in [0.2, 0.25) is 0 Å². The molecule has 34 heavy (non-hydrogen) atoms. The molecule has 3 N–H and O–H groups in total. The normalized spacial score (nSPS) is 15.1. The van der Waals surface area contributed by atoms with Gasteiger partial charge >= 0.3 is 6.18 Å². The first-order chi connectivity index (χ1) is 16.1. The monoisotopic (exact) mass is 471 g/mol. The van der Waals surface area contributed by atoms with E-state index in [1.807, 2.05) is 6.07 Å². The molecule has 3 rings (SSSR count). The van der Waals surface area contributed by atoms with Gasteiger partial charge in [0.15, 0.2) is 0 Å². The number of nitrogens with zero attached hydrogens (tertiary/aromatic N) is 2. The number of benzene rings is 2. The number of halogens is 3. The zero-order valence-corrected chi connectivity index (χ0v) is 18.9. The van der Waals surface area contributed by atoms with Crippen molar-refractivity contribution in [3.8, 4) is 6.07 Å². The number of likely N-dealkylation sites (N-methyl/N-ethyl adjacent to an activating group) is 2. The molecule has 7 nitrogen and oxygen atoms in total. The van der Waals surface area contributed by atoms with Crippen LogP contribution in [0.4, 0.5) is 18.9 Å². The molecule has 0 saturated heterocycles. The lowest BCUT2D eigenvalue weighted by molar-refractivity contribution is -0.137. The number of nitrogens with one attached hydrogen (secondary N) is 3. The predicted octanol–water partition coefficient (Wildman–Crippen LogP) is 3.43. The van der Waals surface area contributed by atoms with Crippen LogP contribution in [-0.2, 0) is 11.0 Å². The van der Waals surface area contributed by atoms with Crippen LogP contribution in [-0.4, -0.2) is 44.4 Å². The van der Waals surface area contributed by atoms with E-state index in [4.69, 9.17) is 0 Å². The first-order valence-electron chi connectivity index (χ1n) is 10.5. The Morgan fingerprint density at radius 1 is 1.18 bits per heavy atom. The number of alkyl halides is 3. The summed E-state index contributed by atoms with van der Waals surface area (Å²) in [5.74, 6) is -0.760. The Balaban J connectivity index is 2.15. The van der Waals surface area contributed by atoms with Crippen molar-refractivity contribution in [2.24, 2.45) is 0 Å². The van der Waals surface area contributed by atoms with Gasteiger partial charge < -0.3 is 20.9 Å². The van der Waals surface area contributed by atoms with Crippen molar-refractivity contribution in [3.63, 3.8) is 0 Å². The second-order valence-electron chi connectivity index (χ2n) is 7.79. The van der Waals surface area contributed by atoms with Crippen molar-refractivity contribution in [1.82, 2.24) is 15.5 Å². The van der Waals surface area contributed by atoms with E-state index in [2.05, 4.69) is 16.0 Å². The maximum absolute atomic E-state index is 13.3. The van der Waals surface area contributed by atoms with Gasteiger partial charge in [-0.1, -0.05) is 12.1 Å². The fourth-order valence-electron chi connectivity index (χ4n) is 3.89. The average Bonchev–Trinajstić information content (AvgIpc) is 2.82. The van der Waals surface area contributed by atoms with Crippen LogP contribution in [0.5, 0.6) is 0 Å². The van der Waals surface area contributed by atoms with Crippen LogP contribution in [0.15, 0.2) is 53.7 Å². The van der Waals surface area contributed by atoms with E-state index >= 15 is 0 Å². The van der Waals surface area contributed by atoms with Crippen LogP contribution >= 0.6 is 0 Å². The van der Waals surface area contributed by atoms with Gasteiger partial charge in [-0.3, -0.25) is 9.59 Å². The fraction of sp³-hybridized carbons (Fsp3) is 0.292. The highest BCUT2D eigenvalue weighted by atomic mass is 19.4. The number of hydrogen-bond donors (Lipinski definition) is 3. The molecule has 1 atom stereocenters. The highest BCUT2D eigenvalue weighted by Gasteiger charge is 2.34. The van der Waals surface area contributed by atoms with E-state index in [0.717, 1.165) is 12.1 Å². The summed E-state index contributed by atoms with van der Waals surface area (Å²) in [6.07, 6.45) is -4.13. The lowest BCUT2D eigenvalue weighted by atomic mass is 9.88. The van der Waals surface area contributed by atoms with E-state index < -0.39 is 23.7 Å². The Morgan fingerprint density at radius 2 is 1.91 bits per heavy atom. The number of hydrogen-bond acceptors (Lipinski definition) is 5. The van der Waals surface area contributed by atoms with Crippen LogP contribution < -0.4 is 16.0 Å². The Hall–Kier alpha value is -3.84. The van der Waals surface area contributed by atoms with Crippen molar-refractivity contribution in [2.75, 3.05) is 33.0 Å². The van der Waals surface area contributed by atoms with Crippen LogP contribution in [0, 0.1) is 11.3 Å². The van der Waals surface area contributed by atoms with E-state index in [1.165, 1.54) is 30.1 Å². The molecule has 0 spiro atoms. The molecule has 0 aromatic heterocycles. The molecule has 2 aromatic rings. The summed E-state index contributed by atoms with van der Waals surface area (Å²) >= 11 is 0. The Bertz CT molecular complexity index is 1180. The van der Waals surface area contributed by atoms with Crippen LogP contribution in [0.3, 0.4) is 0 Å². The number of carbonyl (C=O) groups excluding carboxylic acids is 2. The third-order valence-electron chi connectivity index (χ3n) is 5.63. The Kier molecular flexibility index (Phi) is 7.27. The molecule has 1 aliphatic heterocycles. The third-order valence-corrected chi connectivity index (χ3v) is 5.63. The number of amides is 2. The van der Waals surface area contributed by atoms with Gasteiger partial charge in [0.1, 0.15) is 0 Å². The molecule has 0 saturated carbocycles. The largest absolute Gasteiger partial charge is 0.416 e. The molecule has 10 heteroatoms. The van der Waals surface area contributed by atoms with Gasteiger partial charge in [-0.2, -0.15) is 18.4 Å². The van der Waals surface area contributed by atoms with Crippen molar-refractivity contribution in [1.29, 1.82) is 5.26 Å². The Morgan fingerprint density at radius 3 is 2.53 bits per heavy atom. The topological polar surface area (TPSA) is 97.3 Å².